The van der Waals surface area contributed by atoms with Crippen LogP contribution in [-0.2, 0) is 6.61 Å². The first-order chi connectivity index (χ1) is 15.6. The Morgan fingerprint density at radius 1 is 0.969 bits per heavy atom. The van der Waals surface area contributed by atoms with Crippen LogP contribution in [0.25, 0.3) is 11.0 Å². The maximum absolute atomic E-state index is 12.7. The summed E-state index contributed by atoms with van der Waals surface area (Å²) in [5.41, 5.74) is 0.666. The number of nitrogens with one attached hydrogen (secondary N) is 1. The molecule has 1 atom stereocenters. The molecule has 0 aliphatic heterocycles. The summed E-state index contributed by atoms with van der Waals surface area (Å²) in [5.74, 6) is 2.92. The van der Waals surface area contributed by atoms with E-state index in [1.807, 2.05) is 56.3 Å². The highest BCUT2D eigenvalue weighted by Crippen LogP contribution is 2.31. The molecule has 2 heterocycles. The number of methoxy groups -OCH3 is 1. The van der Waals surface area contributed by atoms with E-state index in [1.54, 1.807) is 25.3 Å². The fourth-order valence-electron chi connectivity index (χ4n) is 3.34. The first-order valence-electron chi connectivity index (χ1n) is 10.4. The first-order valence-corrected chi connectivity index (χ1v) is 10.4. The average Bonchev–Trinajstić information content (AvgIpc) is 3.46. The Balaban J connectivity index is 1.40. The molecule has 0 bridgehead atoms. The summed E-state index contributed by atoms with van der Waals surface area (Å²) >= 11 is 0. The van der Waals surface area contributed by atoms with Crippen LogP contribution in [0.1, 0.15) is 42.0 Å². The molecule has 4 rings (SSSR count). The summed E-state index contributed by atoms with van der Waals surface area (Å²) in [7, 11) is 1.58. The van der Waals surface area contributed by atoms with E-state index in [-0.39, 0.29) is 24.3 Å². The standard InChI is InChI=1S/C25H25NO6/c1-4-29-21-11-7-8-17-14-23(32-24(17)21)16(2)26-25(27)22-13-12-18(31-22)15-30-20-10-6-5-9-19(20)28-3/h5-14,16H,4,15H2,1-3H3,(H,26,27). The van der Waals surface area contributed by atoms with Crippen molar-refractivity contribution in [3.63, 3.8) is 0 Å². The minimum atomic E-state index is -0.359. The fraction of sp³-hybridized carbons (Fsp3) is 0.240. The third kappa shape index (κ3) is 4.56. The van der Waals surface area contributed by atoms with Crippen molar-refractivity contribution in [3.05, 3.63) is 77.9 Å². The zero-order valence-corrected chi connectivity index (χ0v) is 18.2. The Morgan fingerprint density at radius 2 is 1.75 bits per heavy atom. The molecule has 4 aromatic rings. The van der Waals surface area contributed by atoms with Crippen LogP contribution in [0.5, 0.6) is 17.2 Å². The Kier molecular flexibility index (Phi) is 6.35. The molecule has 2 aromatic heterocycles. The molecule has 7 nitrogen and oxygen atoms in total. The van der Waals surface area contributed by atoms with Crippen molar-refractivity contribution in [2.45, 2.75) is 26.5 Å². The molecule has 0 saturated heterocycles. The quantitative estimate of drug-likeness (QED) is 0.374. The molecule has 0 saturated carbocycles. The minimum Gasteiger partial charge on any atom is -0.493 e. The Morgan fingerprint density at radius 3 is 2.53 bits per heavy atom. The van der Waals surface area contributed by atoms with Crippen molar-refractivity contribution in [3.8, 4) is 17.2 Å². The summed E-state index contributed by atoms with van der Waals surface area (Å²) < 4.78 is 28.3. The lowest BCUT2D eigenvalue weighted by Crippen LogP contribution is -2.25. The van der Waals surface area contributed by atoms with Crippen molar-refractivity contribution >= 4 is 16.9 Å². The molecule has 0 aliphatic carbocycles. The van der Waals surface area contributed by atoms with Crippen molar-refractivity contribution < 1.29 is 27.8 Å². The van der Waals surface area contributed by atoms with Gasteiger partial charge in [0.05, 0.1) is 19.8 Å². The number of hydrogen-bond acceptors (Lipinski definition) is 6. The molecule has 0 aliphatic rings. The fourth-order valence-corrected chi connectivity index (χ4v) is 3.34. The van der Waals surface area contributed by atoms with Gasteiger partial charge in [0.15, 0.2) is 28.6 Å². The zero-order valence-electron chi connectivity index (χ0n) is 18.2. The van der Waals surface area contributed by atoms with Crippen LogP contribution in [0, 0.1) is 0 Å². The number of carbonyl (C=O) groups excluding carboxylic acids is 1. The summed E-state index contributed by atoms with van der Waals surface area (Å²) in [6, 6.07) is 17.9. The van der Waals surface area contributed by atoms with Crippen LogP contribution in [0.4, 0.5) is 0 Å². The second kappa shape index (κ2) is 9.51. The maximum atomic E-state index is 12.7. The van der Waals surface area contributed by atoms with E-state index in [2.05, 4.69) is 5.32 Å². The van der Waals surface area contributed by atoms with Crippen LogP contribution in [0.3, 0.4) is 0 Å². The van der Waals surface area contributed by atoms with E-state index in [0.717, 1.165) is 5.39 Å². The van der Waals surface area contributed by atoms with Gasteiger partial charge in [0, 0.05) is 5.39 Å². The number of carbonyl (C=O) groups is 1. The lowest BCUT2D eigenvalue weighted by molar-refractivity contribution is 0.0903. The number of rotatable bonds is 9. The predicted octanol–water partition coefficient (Wildman–Crippen LogP) is 5.50. The van der Waals surface area contributed by atoms with E-state index in [4.69, 9.17) is 23.0 Å². The van der Waals surface area contributed by atoms with Gasteiger partial charge < -0.3 is 28.4 Å². The topological polar surface area (TPSA) is 83.1 Å². The third-order valence-electron chi connectivity index (χ3n) is 4.93. The Hall–Kier alpha value is -3.87. The monoisotopic (exact) mass is 435 g/mol. The number of hydrogen-bond donors (Lipinski definition) is 1. The van der Waals surface area contributed by atoms with Crippen molar-refractivity contribution in [2.75, 3.05) is 13.7 Å². The van der Waals surface area contributed by atoms with Crippen LogP contribution in [0.2, 0.25) is 0 Å². The third-order valence-corrected chi connectivity index (χ3v) is 4.93. The molecule has 7 heteroatoms. The highest BCUT2D eigenvalue weighted by Gasteiger charge is 2.19. The van der Waals surface area contributed by atoms with Crippen molar-refractivity contribution in [1.82, 2.24) is 5.32 Å². The normalized spacial score (nSPS) is 11.8. The van der Waals surface area contributed by atoms with E-state index in [0.29, 0.717) is 41.0 Å². The molecular weight excluding hydrogens is 410 g/mol. The van der Waals surface area contributed by atoms with Gasteiger partial charge in [-0.25, -0.2) is 0 Å². The van der Waals surface area contributed by atoms with Crippen LogP contribution < -0.4 is 19.5 Å². The van der Waals surface area contributed by atoms with Gasteiger partial charge in [-0.3, -0.25) is 4.79 Å². The SMILES string of the molecule is CCOc1cccc2cc(C(C)NC(=O)c3ccc(COc4ccccc4OC)o3)oc12. The summed E-state index contributed by atoms with van der Waals surface area (Å²) in [4.78, 5) is 12.7. The van der Waals surface area contributed by atoms with Crippen LogP contribution >= 0.6 is 0 Å². The minimum absolute atomic E-state index is 0.174. The number of benzene rings is 2. The molecule has 0 radical (unpaired) electrons. The number of ether oxygens (including phenoxy) is 3. The Bertz CT molecular complexity index is 1210. The second-order valence-electron chi connectivity index (χ2n) is 7.16. The summed E-state index contributed by atoms with van der Waals surface area (Å²) in [5, 5.41) is 3.82. The van der Waals surface area contributed by atoms with Gasteiger partial charge in [0.25, 0.3) is 5.91 Å². The van der Waals surface area contributed by atoms with E-state index >= 15 is 0 Å². The number of amides is 1. The summed E-state index contributed by atoms with van der Waals surface area (Å²) in [6.07, 6.45) is 0. The van der Waals surface area contributed by atoms with Gasteiger partial charge in [-0.2, -0.15) is 0 Å². The Labute approximate surface area is 185 Å². The molecular formula is C25H25NO6. The number of fused-ring (bicyclic) bond motifs is 1. The van der Waals surface area contributed by atoms with Crippen LogP contribution in [0.15, 0.2) is 69.5 Å². The van der Waals surface area contributed by atoms with Crippen LogP contribution in [-0.4, -0.2) is 19.6 Å². The molecule has 32 heavy (non-hydrogen) atoms. The van der Waals surface area contributed by atoms with Crippen molar-refractivity contribution in [1.29, 1.82) is 0 Å². The molecule has 1 amide bonds. The van der Waals surface area contributed by atoms with Gasteiger partial charge in [-0.15, -0.1) is 0 Å². The largest absolute Gasteiger partial charge is 0.493 e. The van der Waals surface area contributed by atoms with Gasteiger partial charge in [0.1, 0.15) is 18.1 Å². The molecule has 1 N–H and O–H groups in total. The molecule has 166 valence electrons. The van der Waals surface area contributed by atoms with Gasteiger partial charge in [0.2, 0.25) is 0 Å². The summed E-state index contributed by atoms with van der Waals surface area (Å²) in [6.45, 7) is 4.49. The highest BCUT2D eigenvalue weighted by molar-refractivity contribution is 5.92. The van der Waals surface area contributed by atoms with E-state index in [1.165, 1.54) is 0 Å². The second-order valence-corrected chi connectivity index (χ2v) is 7.16. The molecule has 0 spiro atoms. The zero-order chi connectivity index (χ0) is 22.5. The predicted molar refractivity (Wildman–Crippen MR) is 119 cm³/mol. The molecule has 1 unspecified atom stereocenters. The smallest absolute Gasteiger partial charge is 0.287 e. The lowest BCUT2D eigenvalue weighted by atomic mass is 10.2. The molecule has 0 fully saturated rings. The first kappa shape index (κ1) is 21.4. The van der Waals surface area contributed by atoms with Gasteiger partial charge >= 0.3 is 0 Å². The number of para-hydroxylation sites is 3. The van der Waals surface area contributed by atoms with Gasteiger partial charge in [-0.05, 0) is 50.2 Å². The molecule has 2 aromatic carbocycles. The van der Waals surface area contributed by atoms with E-state index in [9.17, 15) is 4.79 Å². The van der Waals surface area contributed by atoms with E-state index < -0.39 is 0 Å². The average molecular weight is 435 g/mol. The van der Waals surface area contributed by atoms with Crippen molar-refractivity contribution in [2.24, 2.45) is 0 Å². The number of furan rings is 2. The lowest BCUT2D eigenvalue weighted by Gasteiger charge is -2.10. The highest BCUT2D eigenvalue weighted by atomic mass is 16.5. The van der Waals surface area contributed by atoms with Gasteiger partial charge in [-0.1, -0.05) is 24.3 Å². The maximum Gasteiger partial charge on any atom is 0.287 e.